The van der Waals surface area contributed by atoms with E-state index in [0.717, 1.165) is 19.0 Å². The van der Waals surface area contributed by atoms with Gasteiger partial charge in [0.05, 0.1) is 0 Å². The molecule has 0 aliphatic carbocycles. The van der Waals surface area contributed by atoms with E-state index in [0.29, 0.717) is 6.04 Å². The summed E-state index contributed by atoms with van der Waals surface area (Å²) in [6.45, 7) is 4.71. The average Bonchev–Trinajstić information content (AvgIpc) is 2.81. The van der Waals surface area contributed by atoms with Gasteiger partial charge in [0.2, 0.25) is 0 Å². The van der Waals surface area contributed by atoms with Crippen molar-refractivity contribution in [3.63, 3.8) is 0 Å². The fourth-order valence-corrected chi connectivity index (χ4v) is 3.38. The highest BCUT2D eigenvalue weighted by atomic mass is 32.1. The molecule has 0 aromatic carbocycles. The number of hydrogen-bond acceptors (Lipinski definition) is 3. The molecule has 0 bridgehead atoms. The summed E-state index contributed by atoms with van der Waals surface area (Å²) in [6, 6.07) is 5.70. The van der Waals surface area contributed by atoms with Gasteiger partial charge in [0, 0.05) is 23.5 Å². The number of likely N-dealkylation sites (tertiary alicyclic amines) is 1. The second-order valence-electron chi connectivity index (χ2n) is 5.22. The molecule has 3 heteroatoms. The Morgan fingerprint density at radius 1 is 1.53 bits per heavy atom. The number of piperidine rings is 1. The van der Waals surface area contributed by atoms with Crippen molar-refractivity contribution < 1.29 is 0 Å². The third-order valence-corrected chi connectivity index (χ3v) is 4.61. The fraction of sp³-hybridized carbons (Fsp3) is 0.714. The zero-order chi connectivity index (χ0) is 12.1. The number of rotatable bonds is 5. The van der Waals surface area contributed by atoms with E-state index in [4.69, 9.17) is 0 Å². The Morgan fingerprint density at radius 3 is 3.12 bits per heavy atom. The van der Waals surface area contributed by atoms with E-state index in [1.165, 1.54) is 30.7 Å². The lowest BCUT2D eigenvalue weighted by Gasteiger charge is -2.33. The lowest BCUT2D eigenvalue weighted by atomic mass is 10.0. The van der Waals surface area contributed by atoms with Gasteiger partial charge in [-0.2, -0.15) is 0 Å². The molecule has 1 aliphatic heterocycles. The maximum atomic E-state index is 3.69. The van der Waals surface area contributed by atoms with Gasteiger partial charge < -0.3 is 10.2 Å². The Balaban J connectivity index is 1.70. The summed E-state index contributed by atoms with van der Waals surface area (Å²) < 4.78 is 0. The normalized spacial score (nSPS) is 23.8. The van der Waals surface area contributed by atoms with E-state index in [-0.39, 0.29) is 0 Å². The van der Waals surface area contributed by atoms with Gasteiger partial charge in [-0.3, -0.25) is 0 Å². The standard InChI is InChI=1S/C14H24N2S/c1-12(10-14-7-5-9-17-14)15-11-13-6-3-4-8-16(13)2/h5,7,9,12-13,15H,3-4,6,8,10-11H2,1-2H3. The summed E-state index contributed by atoms with van der Waals surface area (Å²) >= 11 is 1.86. The number of hydrogen-bond donors (Lipinski definition) is 1. The Bertz CT molecular complexity index is 310. The lowest BCUT2D eigenvalue weighted by Crippen LogP contribution is -2.45. The van der Waals surface area contributed by atoms with E-state index in [1.54, 1.807) is 0 Å². The average molecular weight is 252 g/mol. The molecule has 2 unspecified atom stereocenters. The van der Waals surface area contributed by atoms with E-state index >= 15 is 0 Å². The predicted molar refractivity (Wildman–Crippen MR) is 75.8 cm³/mol. The maximum absolute atomic E-state index is 3.69. The molecule has 1 N–H and O–H groups in total. The topological polar surface area (TPSA) is 15.3 Å². The van der Waals surface area contributed by atoms with Crippen molar-refractivity contribution in [1.29, 1.82) is 0 Å². The molecule has 0 saturated carbocycles. The van der Waals surface area contributed by atoms with E-state index in [2.05, 4.69) is 41.7 Å². The minimum atomic E-state index is 0.587. The molecule has 2 nitrogen and oxygen atoms in total. The third kappa shape index (κ3) is 4.09. The molecule has 17 heavy (non-hydrogen) atoms. The Morgan fingerprint density at radius 2 is 2.41 bits per heavy atom. The van der Waals surface area contributed by atoms with Gasteiger partial charge in [-0.15, -0.1) is 11.3 Å². The van der Waals surface area contributed by atoms with Crippen molar-refractivity contribution in [3.8, 4) is 0 Å². The van der Waals surface area contributed by atoms with Crippen LogP contribution in [0.4, 0.5) is 0 Å². The molecule has 1 saturated heterocycles. The van der Waals surface area contributed by atoms with Gasteiger partial charge in [-0.25, -0.2) is 0 Å². The SMILES string of the molecule is CC(Cc1cccs1)NCC1CCCCN1C. The van der Waals surface area contributed by atoms with Crippen molar-refractivity contribution in [2.45, 2.75) is 44.7 Å². The largest absolute Gasteiger partial charge is 0.312 e. The molecular formula is C14H24N2S. The number of thiophene rings is 1. The van der Waals surface area contributed by atoms with Crippen LogP contribution in [0.5, 0.6) is 0 Å². The summed E-state index contributed by atoms with van der Waals surface area (Å²) in [5.41, 5.74) is 0. The van der Waals surface area contributed by atoms with Crippen LogP contribution in [0.3, 0.4) is 0 Å². The molecular weight excluding hydrogens is 228 g/mol. The summed E-state index contributed by atoms with van der Waals surface area (Å²) in [5, 5.41) is 5.85. The van der Waals surface area contributed by atoms with Crippen LogP contribution < -0.4 is 5.32 Å². The number of nitrogens with zero attached hydrogens (tertiary/aromatic N) is 1. The van der Waals surface area contributed by atoms with Crippen LogP contribution >= 0.6 is 11.3 Å². The Kier molecular flexibility index (Phi) is 5.01. The molecule has 0 radical (unpaired) electrons. The van der Waals surface area contributed by atoms with Gasteiger partial charge in [0.15, 0.2) is 0 Å². The third-order valence-electron chi connectivity index (χ3n) is 3.71. The summed E-state index contributed by atoms with van der Waals surface area (Å²) in [5.74, 6) is 0. The molecule has 1 aromatic rings. The van der Waals surface area contributed by atoms with Crippen LogP contribution in [0, 0.1) is 0 Å². The van der Waals surface area contributed by atoms with Gasteiger partial charge in [0.25, 0.3) is 0 Å². The first-order valence-corrected chi connectivity index (χ1v) is 7.59. The minimum Gasteiger partial charge on any atom is -0.312 e. The molecule has 2 atom stereocenters. The summed E-state index contributed by atoms with van der Waals surface area (Å²) in [7, 11) is 2.26. The first-order valence-electron chi connectivity index (χ1n) is 6.71. The second kappa shape index (κ2) is 6.53. The van der Waals surface area contributed by atoms with Crippen molar-refractivity contribution in [3.05, 3.63) is 22.4 Å². The number of likely N-dealkylation sites (N-methyl/N-ethyl adjacent to an activating group) is 1. The molecule has 2 rings (SSSR count). The van der Waals surface area contributed by atoms with Gasteiger partial charge >= 0.3 is 0 Å². The van der Waals surface area contributed by atoms with Crippen LogP contribution in [0.2, 0.25) is 0 Å². The van der Waals surface area contributed by atoms with Gasteiger partial charge in [-0.1, -0.05) is 12.5 Å². The highest BCUT2D eigenvalue weighted by Crippen LogP contribution is 2.15. The first kappa shape index (κ1) is 13.1. The van der Waals surface area contributed by atoms with Gasteiger partial charge in [-0.05, 0) is 51.2 Å². The smallest absolute Gasteiger partial charge is 0.0217 e. The molecule has 1 aliphatic rings. The van der Waals surface area contributed by atoms with Crippen LogP contribution in [0.25, 0.3) is 0 Å². The van der Waals surface area contributed by atoms with Gasteiger partial charge in [0.1, 0.15) is 0 Å². The molecule has 1 fully saturated rings. The zero-order valence-corrected chi connectivity index (χ0v) is 11.8. The second-order valence-corrected chi connectivity index (χ2v) is 6.26. The van der Waals surface area contributed by atoms with E-state index < -0.39 is 0 Å². The monoisotopic (exact) mass is 252 g/mol. The molecule has 96 valence electrons. The Labute approximate surface area is 109 Å². The predicted octanol–water partition coefficient (Wildman–Crippen LogP) is 2.75. The van der Waals surface area contributed by atoms with Crippen LogP contribution in [-0.2, 0) is 6.42 Å². The highest BCUT2D eigenvalue weighted by Gasteiger charge is 2.18. The van der Waals surface area contributed by atoms with E-state index in [1.807, 2.05) is 11.3 Å². The number of nitrogens with one attached hydrogen (secondary N) is 1. The minimum absolute atomic E-state index is 0.587. The maximum Gasteiger partial charge on any atom is 0.0217 e. The van der Waals surface area contributed by atoms with Crippen molar-refractivity contribution in [1.82, 2.24) is 10.2 Å². The van der Waals surface area contributed by atoms with E-state index in [9.17, 15) is 0 Å². The lowest BCUT2D eigenvalue weighted by molar-refractivity contribution is 0.178. The van der Waals surface area contributed by atoms with Crippen molar-refractivity contribution in [2.75, 3.05) is 20.1 Å². The zero-order valence-electron chi connectivity index (χ0n) is 11.0. The first-order chi connectivity index (χ1) is 8.25. The summed E-state index contributed by atoms with van der Waals surface area (Å²) in [4.78, 5) is 4.00. The van der Waals surface area contributed by atoms with Crippen LogP contribution in [-0.4, -0.2) is 37.1 Å². The van der Waals surface area contributed by atoms with Crippen LogP contribution in [0.15, 0.2) is 17.5 Å². The fourth-order valence-electron chi connectivity index (χ4n) is 2.54. The molecule has 0 amide bonds. The Hall–Kier alpha value is -0.380. The molecule has 2 heterocycles. The van der Waals surface area contributed by atoms with Crippen LogP contribution in [0.1, 0.15) is 31.1 Å². The van der Waals surface area contributed by atoms with Crippen molar-refractivity contribution in [2.24, 2.45) is 0 Å². The van der Waals surface area contributed by atoms with Crippen molar-refractivity contribution >= 4 is 11.3 Å². The molecule has 1 aromatic heterocycles. The summed E-state index contributed by atoms with van der Waals surface area (Å²) in [6.07, 6.45) is 5.29. The molecule has 0 spiro atoms. The quantitative estimate of drug-likeness (QED) is 0.867. The highest BCUT2D eigenvalue weighted by molar-refractivity contribution is 7.09.